The highest BCUT2D eigenvalue weighted by Gasteiger charge is 2.23. The summed E-state index contributed by atoms with van der Waals surface area (Å²) < 4.78 is 5.29. The highest BCUT2D eigenvalue weighted by molar-refractivity contribution is 7.15. The number of thiazole rings is 1. The summed E-state index contributed by atoms with van der Waals surface area (Å²) in [7, 11) is 1.78. The topological polar surface area (TPSA) is 51.4 Å². The maximum Gasteiger partial charge on any atom is 0.185 e. The monoisotopic (exact) mass is 283 g/mol. The molecular weight excluding hydrogens is 258 g/mol. The van der Waals surface area contributed by atoms with Crippen LogP contribution in [0.4, 0.5) is 5.13 Å². The molecule has 1 aromatic rings. The van der Waals surface area contributed by atoms with Crippen LogP contribution in [-0.2, 0) is 11.3 Å². The molecule has 5 heteroatoms. The summed E-state index contributed by atoms with van der Waals surface area (Å²) in [5.41, 5.74) is 7.02. The number of hydrogen-bond donors (Lipinski definition) is 1. The first-order valence-corrected chi connectivity index (χ1v) is 7.90. The second-order valence-electron chi connectivity index (χ2n) is 5.57. The fourth-order valence-corrected chi connectivity index (χ4v) is 3.82. The first kappa shape index (κ1) is 14.8. The summed E-state index contributed by atoms with van der Waals surface area (Å²) >= 11 is 1.76. The number of methoxy groups -OCH3 is 1. The van der Waals surface area contributed by atoms with Gasteiger partial charge in [-0.15, -0.1) is 11.3 Å². The Morgan fingerprint density at radius 1 is 1.53 bits per heavy atom. The van der Waals surface area contributed by atoms with Crippen molar-refractivity contribution < 1.29 is 4.74 Å². The van der Waals surface area contributed by atoms with Crippen molar-refractivity contribution in [3.63, 3.8) is 0 Å². The van der Waals surface area contributed by atoms with Crippen LogP contribution in [0.3, 0.4) is 0 Å². The molecule has 1 aliphatic rings. The number of nitrogens with two attached hydrogens (primary N) is 1. The van der Waals surface area contributed by atoms with E-state index in [1.807, 2.05) is 0 Å². The Labute approximate surface area is 120 Å². The number of hydrogen-bond acceptors (Lipinski definition) is 5. The van der Waals surface area contributed by atoms with Crippen molar-refractivity contribution in [3.05, 3.63) is 10.6 Å². The van der Waals surface area contributed by atoms with Gasteiger partial charge in [-0.25, -0.2) is 4.98 Å². The van der Waals surface area contributed by atoms with Crippen LogP contribution in [-0.4, -0.2) is 31.8 Å². The molecule has 108 valence electrons. The van der Waals surface area contributed by atoms with Gasteiger partial charge in [0.15, 0.2) is 5.13 Å². The van der Waals surface area contributed by atoms with Crippen LogP contribution >= 0.6 is 11.3 Å². The lowest BCUT2D eigenvalue weighted by Crippen LogP contribution is -2.37. The molecular formula is C14H25N3OS. The van der Waals surface area contributed by atoms with Crippen molar-refractivity contribution in [2.24, 2.45) is 11.7 Å². The van der Waals surface area contributed by atoms with E-state index in [9.17, 15) is 0 Å². The summed E-state index contributed by atoms with van der Waals surface area (Å²) in [6.45, 7) is 7.98. The molecule has 2 N–H and O–H groups in total. The third-order valence-corrected chi connectivity index (χ3v) is 4.79. The van der Waals surface area contributed by atoms with Gasteiger partial charge in [0.05, 0.1) is 12.3 Å². The first-order chi connectivity index (χ1) is 9.15. The molecule has 0 radical (unpaired) electrons. The minimum absolute atomic E-state index is 0.447. The van der Waals surface area contributed by atoms with Gasteiger partial charge < -0.3 is 15.4 Å². The maximum atomic E-state index is 5.84. The van der Waals surface area contributed by atoms with E-state index in [4.69, 9.17) is 15.5 Å². The second kappa shape index (κ2) is 6.68. The van der Waals surface area contributed by atoms with Gasteiger partial charge in [-0.1, -0.05) is 13.8 Å². The average Bonchev–Trinajstić information content (AvgIpc) is 2.84. The van der Waals surface area contributed by atoms with Crippen molar-refractivity contribution in [3.8, 4) is 0 Å². The van der Waals surface area contributed by atoms with Gasteiger partial charge in [-0.2, -0.15) is 0 Å². The molecule has 1 aliphatic heterocycles. The highest BCUT2D eigenvalue weighted by Crippen LogP contribution is 2.32. The first-order valence-electron chi connectivity index (χ1n) is 7.09. The van der Waals surface area contributed by atoms with Crippen LogP contribution in [0.25, 0.3) is 0 Å². The third kappa shape index (κ3) is 3.46. The summed E-state index contributed by atoms with van der Waals surface area (Å²) in [5, 5.41) is 1.14. The molecule has 0 saturated carbocycles. The van der Waals surface area contributed by atoms with Crippen LogP contribution in [0, 0.1) is 5.92 Å². The van der Waals surface area contributed by atoms with Crippen LogP contribution in [0.1, 0.15) is 43.2 Å². The molecule has 0 bridgehead atoms. The van der Waals surface area contributed by atoms with Crippen molar-refractivity contribution in [1.29, 1.82) is 0 Å². The number of ether oxygens (including phenoxy) is 1. The Balaban J connectivity index is 2.12. The van der Waals surface area contributed by atoms with Gasteiger partial charge in [-0.3, -0.25) is 0 Å². The Hall–Kier alpha value is -0.650. The molecule has 1 aromatic heterocycles. The minimum Gasteiger partial charge on any atom is -0.384 e. The Bertz CT molecular complexity index is 403. The van der Waals surface area contributed by atoms with Crippen molar-refractivity contribution in [2.45, 2.75) is 39.2 Å². The molecule has 1 saturated heterocycles. The molecule has 1 atom stereocenters. The van der Waals surface area contributed by atoms with Crippen LogP contribution in [0.15, 0.2) is 0 Å². The van der Waals surface area contributed by atoms with Crippen molar-refractivity contribution in [2.75, 3.05) is 31.7 Å². The number of anilines is 1. The zero-order chi connectivity index (χ0) is 13.8. The largest absolute Gasteiger partial charge is 0.384 e. The lowest BCUT2D eigenvalue weighted by molar-refractivity contribution is 0.143. The van der Waals surface area contributed by atoms with Crippen LogP contribution in [0.2, 0.25) is 0 Å². The second-order valence-corrected chi connectivity index (χ2v) is 6.64. The van der Waals surface area contributed by atoms with E-state index >= 15 is 0 Å². The Morgan fingerprint density at radius 2 is 2.32 bits per heavy atom. The lowest BCUT2D eigenvalue weighted by Gasteiger charge is -2.32. The number of rotatable bonds is 5. The molecule has 19 heavy (non-hydrogen) atoms. The van der Waals surface area contributed by atoms with E-state index in [0.29, 0.717) is 18.4 Å². The fourth-order valence-electron chi connectivity index (χ4n) is 2.69. The molecule has 4 nitrogen and oxygen atoms in total. The molecule has 1 fully saturated rings. The molecule has 1 unspecified atom stereocenters. The zero-order valence-electron chi connectivity index (χ0n) is 12.2. The quantitative estimate of drug-likeness (QED) is 0.902. The van der Waals surface area contributed by atoms with Crippen molar-refractivity contribution in [1.82, 2.24) is 4.98 Å². The number of aromatic nitrogens is 1. The van der Waals surface area contributed by atoms with E-state index in [2.05, 4.69) is 18.7 Å². The third-order valence-electron chi connectivity index (χ3n) is 3.64. The molecule has 0 spiro atoms. The van der Waals surface area contributed by atoms with Gasteiger partial charge >= 0.3 is 0 Å². The molecule has 2 heterocycles. The van der Waals surface area contributed by atoms with E-state index in [1.54, 1.807) is 18.4 Å². The van der Waals surface area contributed by atoms with Crippen molar-refractivity contribution >= 4 is 16.5 Å². The molecule has 0 aromatic carbocycles. The van der Waals surface area contributed by atoms with Gasteiger partial charge in [0, 0.05) is 31.6 Å². The van der Waals surface area contributed by atoms with E-state index in [1.165, 1.54) is 23.4 Å². The summed E-state index contributed by atoms with van der Waals surface area (Å²) in [5.74, 6) is 1.08. The predicted octanol–water partition coefficient (Wildman–Crippen LogP) is 2.59. The Kier molecular flexibility index (Phi) is 5.19. The minimum atomic E-state index is 0.447. The normalized spacial score (nSPS) is 20.3. The van der Waals surface area contributed by atoms with Gasteiger partial charge in [0.25, 0.3) is 0 Å². The smallest absolute Gasteiger partial charge is 0.185 e. The summed E-state index contributed by atoms with van der Waals surface area (Å²) in [6, 6.07) is 0. The molecule has 0 aliphatic carbocycles. The maximum absolute atomic E-state index is 5.84. The van der Waals surface area contributed by atoms with E-state index in [-0.39, 0.29) is 0 Å². The molecule has 0 amide bonds. The number of piperidine rings is 1. The highest BCUT2D eigenvalue weighted by atomic mass is 32.1. The molecule has 2 rings (SSSR count). The van der Waals surface area contributed by atoms with Gasteiger partial charge in [-0.05, 0) is 24.7 Å². The van der Waals surface area contributed by atoms with Crippen LogP contribution < -0.4 is 10.6 Å². The van der Waals surface area contributed by atoms with Gasteiger partial charge in [0.2, 0.25) is 0 Å². The van der Waals surface area contributed by atoms with Gasteiger partial charge in [0.1, 0.15) is 0 Å². The predicted molar refractivity (Wildman–Crippen MR) is 80.9 cm³/mol. The standard InChI is InChI=1S/C14H25N3OS/c1-10(2)13-12(7-15)19-14(16-13)17-6-4-5-11(8-17)9-18-3/h10-11H,4-9,15H2,1-3H3. The fraction of sp³-hybridized carbons (Fsp3) is 0.786. The van der Waals surface area contributed by atoms with E-state index < -0.39 is 0 Å². The average molecular weight is 283 g/mol. The summed E-state index contributed by atoms with van der Waals surface area (Å²) in [4.78, 5) is 8.46. The lowest BCUT2D eigenvalue weighted by atomic mass is 9.99. The van der Waals surface area contributed by atoms with Crippen LogP contribution in [0.5, 0.6) is 0 Å². The van der Waals surface area contributed by atoms with E-state index in [0.717, 1.165) is 24.8 Å². The summed E-state index contributed by atoms with van der Waals surface area (Å²) in [6.07, 6.45) is 2.49. The number of nitrogens with zero attached hydrogens (tertiary/aromatic N) is 2. The SMILES string of the molecule is COCC1CCCN(c2nc(C(C)C)c(CN)s2)C1. The Morgan fingerprint density at radius 3 is 2.89 bits per heavy atom. The zero-order valence-corrected chi connectivity index (χ0v) is 13.0.